The molecule has 3 aliphatic heterocycles. The number of nitrogens with zero attached hydrogens (tertiary/aromatic N) is 1. The summed E-state index contributed by atoms with van der Waals surface area (Å²) in [6, 6.07) is 1.65. The molecule has 3 heterocycles. The van der Waals surface area contributed by atoms with E-state index >= 15 is 0 Å². The first-order valence-electron chi connectivity index (χ1n) is 3.80. The van der Waals surface area contributed by atoms with Crippen molar-refractivity contribution in [3.8, 4) is 0 Å². The van der Waals surface area contributed by atoms with Crippen LogP contribution in [0, 0.1) is 0 Å². The fourth-order valence-corrected chi connectivity index (χ4v) is 1.93. The minimum atomic E-state index is 0.806. The molecule has 2 atom stereocenters. The number of hydrogen-bond donors (Lipinski definition) is 1. The van der Waals surface area contributed by atoms with E-state index in [0.29, 0.717) is 0 Å². The van der Waals surface area contributed by atoms with Crippen LogP contribution in [-0.4, -0.2) is 37.1 Å². The summed E-state index contributed by atoms with van der Waals surface area (Å²) in [6.07, 6.45) is 2.81. The standard InChI is InChI=1S/C7H14N2/c1-9-5-6-2-3-7(9)4-8-6/h6-8H,2-5H2,1H3/t6-,7-/m1/s1. The van der Waals surface area contributed by atoms with Crippen molar-refractivity contribution in [1.82, 2.24) is 10.2 Å². The smallest absolute Gasteiger partial charge is 0.0218 e. The molecular formula is C7H14N2. The third-order valence-corrected chi connectivity index (χ3v) is 2.62. The van der Waals surface area contributed by atoms with Gasteiger partial charge in [0.1, 0.15) is 0 Å². The van der Waals surface area contributed by atoms with Gasteiger partial charge in [0.05, 0.1) is 0 Å². The third kappa shape index (κ3) is 0.864. The lowest BCUT2D eigenvalue weighted by molar-refractivity contribution is 0.101. The highest BCUT2D eigenvalue weighted by Gasteiger charge is 2.30. The number of piperidine rings is 2. The van der Waals surface area contributed by atoms with Gasteiger partial charge in [0.15, 0.2) is 0 Å². The first kappa shape index (κ1) is 5.69. The SMILES string of the molecule is CN1C[C@H]2CC[C@@H]1CN2. The molecule has 2 nitrogen and oxygen atoms in total. The molecule has 2 bridgehead atoms. The predicted octanol–water partition coefficient (Wildman–Crippen LogP) is 0.0524. The number of likely N-dealkylation sites (N-methyl/N-ethyl adjacent to an activating group) is 1. The maximum atomic E-state index is 3.51. The van der Waals surface area contributed by atoms with Crippen molar-refractivity contribution in [2.24, 2.45) is 0 Å². The zero-order chi connectivity index (χ0) is 6.27. The van der Waals surface area contributed by atoms with Crippen molar-refractivity contribution >= 4 is 0 Å². The van der Waals surface area contributed by atoms with Crippen molar-refractivity contribution in [2.75, 3.05) is 20.1 Å². The number of nitrogens with one attached hydrogen (secondary N) is 1. The summed E-state index contributed by atoms with van der Waals surface area (Å²) in [6.45, 7) is 2.49. The Morgan fingerprint density at radius 1 is 1.44 bits per heavy atom. The van der Waals surface area contributed by atoms with Gasteiger partial charge in [-0.1, -0.05) is 0 Å². The van der Waals surface area contributed by atoms with Crippen LogP contribution < -0.4 is 5.32 Å². The Labute approximate surface area is 56.2 Å². The molecule has 0 radical (unpaired) electrons. The second kappa shape index (κ2) is 1.96. The van der Waals surface area contributed by atoms with Crippen molar-refractivity contribution in [2.45, 2.75) is 24.9 Å². The van der Waals surface area contributed by atoms with Crippen LogP contribution in [0.5, 0.6) is 0 Å². The molecule has 0 spiro atoms. The highest BCUT2D eigenvalue weighted by molar-refractivity contribution is 4.90. The van der Waals surface area contributed by atoms with E-state index in [4.69, 9.17) is 0 Å². The first-order chi connectivity index (χ1) is 4.36. The molecule has 3 rings (SSSR count). The molecule has 0 amide bonds. The maximum Gasteiger partial charge on any atom is 0.0218 e. The van der Waals surface area contributed by atoms with Crippen LogP contribution in [0.15, 0.2) is 0 Å². The van der Waals surface area contributed by atoms with E-state index in [1.165, 1.54) is 25.9 Å². The van der Waals surface area contributed by atoms with Crippen LogP contribution >= 0.6 is 0 Å². The lowest BCUT2D eigenvalue weighted by Gasteiger charge is -2.44. The minimum Gasteiger partial charge on any atom is -0.311 e. The Balaban J connectivity index is 2.06. The van der Waals surface area contributed by atoms with Gasteiger partial charge in [-0.25, -0.2) is 0 Å². The van der Waals surface area contributed by atoms with Crippen LogP contribution in [0.4, 0.5) is 0 Å². The van der Waals surface area contributed by atoms with Gasteiger partial charge in [-0.15, -0.1) is 0 Å². The summed E-state index contributed by atoms with van der Waals surface area (Å²) in [5.41, 5.74) is 0. The molecule has 0 aliphatic carbocycles. The monoisotopic (exact) mass is 126 g/mol. The molecule has 52 valence electrons. The quantitative estimate of drug-likeness (QED) is 0.493. The number of piperazine rings is 1. The molecule has 2 heteroatoms. The van der Waals surface area contributed by atoms with E-state index in [9.17, 15) is 0 Å². The van der Waals surface area contributed by atoms with Crippen LogP contribution in [-0.2, 0) is 0 Å². The van der Waals surface area contributed by atoms with Crippen molar-refractivity contribution in [1.29, 1.82) is 0 Å². The lowest BCUT2D eigenvalue weighted by Crippen LogP contribution is -2.59. The molecule has 0 aromatic rings. The second-order valence-electron chi connectivity index (χ2n) is 3.28. The molecule has 1 N–H and O–H groups in total. The third-order valence-electron chi connectivity index (χ3n) is 2.62. The Morgan fingerprint density at radius 2 is 2.33 bits per heavy atom. The van der Waals surface area contributed by atoms with Crippen LogP contribution in [0.3, 0.4) is 0 Å². The molecule has 3 fully saturated rings. The van der Waals surface area contributed by atoms with Crippen LogP contribution in [0.25, 0.3) is 0 Å². The molecule has 0 aromatic carbocycles. The summed E-state index contributed by atoms with van der Waals surface area (Å²) in [5.74, 6) is 0. The Kier molecular flexibility index (Phi) is 1.24. The first-order valence-corrected chi connectivity index (χ1v) is 3.80. The molecule has 3 aliphatic rings. The van der Waals surface area contributed by atoms with Gasteiger partial charge in [-0.2, -0.15) is 0 Å². The van der Waals surface area contributed by atoms with Gasteiger partial charge in [0.25, 0.3) is 0 Å². The number of rotatable bonds is 0. The summed E-state index contributed by atoms with van der Waals surface area (Å²) >= 11 is 0. The topological polar surface area (TPSA) is 15.3 Å². The predicted molar refractivity (Wildman–Crippen MR) is 37.4 cm³/mol. The van der Waals surface area contributed by atoms with E-state index in [1.54, 1.807) is 0 Å². The Hall–Kier alpha value is -0.0800. The van der Waals surface area contributed by atoms with Crippen molar-refractivity contribution < 1.29 is 0 Å². The Morgan fingerprint density at radius 3 is 2.56 bits per heavy atom. The van der Waals surface area contributed by atoms with Gasteiger partial charge < -0.3 is 10.2 Å². The minimum absolute atomic E-state index is 0.806. The lowest BCUT2D eigenvalue weighted by atomic mass is 9.94. The summed E-state index contributed by atoms with van der Waals surface area (Å²) < 4.78 is 0. The molecule has 3 saturated heterocycles. The zero-order valence-corrected chi connectivity index (χ0v) is 5.93. The zero-order valence-electron chi connectivity index (χ0n) is 5.93. The molecule has 0 aromatic heterocycles. The van der Waals surface area contributed by atoms with Gasteiger partial charge >= 0.3 is 0 Å². The Bertz CT molecular complexity index is 105. The van der Waals surface area contributed by atoms with Crippen molar-refractivity contribution in [3.63, 3.8) is 0 Å². The van der Waals surface area contributed by atoms with Gasteiger partial charge in [0.2, 0.25) is 0 Å². The van der Waals surface area contributed by atoms with E-state index in [1.807, 2.05) is 0 Å². The van der Waals surface area contributed by atoms with E-state index in [2.05, 4.69) is 17.3 Å². The normalized spacial score (nSPS) is 43.7. The fourth-order valence-electron chi connectivity index (χ4n) is 1.93. The molecule has 9 heavy (non-hydrogen) atoms. The highest BCUT2D eigenvalue weighted by Crippen LogP contribution is 2.19. The van der Waals surface area contributed by atoms with Crippen LogP contribution in [0.2, 0.25) is 0 Å². The summed E-state index contributed by atoms with van der Waals surface area (Å²) in [5, 5.41) is 3.51. The second-order valence-corrected chi connectivity index (χ2v) is 3.28. The molecule has 0 unspecified atom stereocenters. The van der Waals surface area contributed by atoms with Crippen LogP contribution in [0.1, 0.15) is 12.8 Å². The average Bonchev–Trinajstić information content (AvgIpc) is 1.90. The maximum absolute atomic E-state index is 3.51. The van der Waals surface area contributed by atoms with Gasteiger partial charge in [-0.05, 0) is 19.9 Å². The average molecular weight is 126 g/mol. The van der Waals surface area contributed by atoms with Crippen molar-refractivity contribution in [3.05, 3.63) is 0 Å². The van der Waals surface area contributed by atoms with Gasteiger partial charge in [-0.3, -0.25) is 0 Å². The summed E-state index contributed by atoms with van der Waals surface area (Å²) in [4.78, 5) is 2.48. The molecular weight excluding hydrogens is 112 g/mol. The molecule has 0 saturated carbocycles. The summed E-state index contributed by atoms with van der Waals surface area (Å²) in [7, 11) is 2.23. The number of fused-ring (bicyclic) bond motifs is 3. The largest absolute Gasteiger partial charge is 0.311 e. The van der Waals surface area contributed by atoms with E-state index < -0.39 is 0 Å². The van der Waals surface area contributed by atoms with E-state index in [0.717, 1.165) is 12.1 Å². The van der Waals surface area contributed by atoms with E-state index in [-0.39, 0.29) is 0 Å². The highest BCUT2D eigenvalue weighted by atomic mass is 15.2. The number of hydrogen-bond acceptors (Lipinski definition) is 2. The fraction of sp³-hybridized carbons (Fsp3) is 1.00. The van der Waals surface area contributed by atoms with Gasteiger partial charge in [0, 0.05) is 25.2 Å².